The molecule has 0 atom stereocenters. The summed E-state index contributed by atoms with van der Waals surface area (Å²) in [6.07, 6.45) is 1.72. The first-order valence-corrected chi connectivity index (χ1v) is 8.24. The van der Waals surface area contributed by atoms with Gasteiger partial charge in [0.25, 0.3) is 5.56 Å². The lowest BCUT2D eigenvalue weighted by molar-refractivity contribution is 0.994. The van der Waals surface area contributed by atoms with E-state index < -0.39 is 0 Å². The van der Waals surface area contributed by atoms with E-state index in [1.807, 2.05) is 25.1 Å². The number of pyridine rings is 1. The minimum Gasteiger partial charge on any atom is -0.360 e. The van der Waals surface area contributed by atoms with Crippen LogP contribution in [0.2, 0.25) is 0 Å². The molecule has 3 heterocycles. The van der Waals surface area contributed by atoms with E-state index in [0.29, 0.717) is 11.4 Å². The van der Waals surface area contributed by atoms with E-state index in [0.717, 1.165) is 21.7 Å². The van der Waals surface area contributed by atoms with E-state index in [-0.39, 0.29) is 5.56 Å². The molecule has 0 saturated heterocycles. The Kier molecular flexibility index (Phi) is 4.16. The first-order valence-electron chi connectivity index (χ1n) is 6.44. The molecule has 0 fully saturated rings. The van der Waals surface area contributed by atoms with Crippen LogP contribution in [0.4, 0.5) is 5.13 Å². The number of nitrogens with one attached hydrogen (secondary N) is 1. The number of fused-ring (bicyclic) bond motifs is 1. The van der Waals surface area contributed by atoms with Crippen LogP contribution in [0.1, 0.15) is 12.6 Å². The smallest absolute Gasteiger partial charge is 0.258 e. The number of rotatable bonds is 5. The molecule has 3 rings (SSSR count). The van der Waals surface area contributed by atoms with Crippen molar-refractivity contribution in [2.24, 2.45) is 0 Å². The van der Waals surface area contributed by atoms with Crippen LogP contribution in [0.5, 0.6) is 0 Å². The number of hydrogen-bond acceptors (Lipinski definition) is 7. The second kappa shape index (κ2) is 6.23. The standard InChI is InChI=1S/C13H13N5OS2/c1-2-14-12-16-17-13(21-12)20-8-9-7-11(19)18-6-4-3-5-10(18)15-9/h3-7H,2,8H2,1H3,(H,14,16). The summed E-state index contributed by atoms with van der Waals surface area (Å²) in [6.45, 7) is 2.84. The highest BCUT2D eigenvalue weighted by molar-refractivity contribution is 8.00. The lowest BCUT2D eigenvalue weighted by Crippen LogP contribution is -2.14. The van der Waals surface area contributed by atoms with Gasteiger partial charge in [0.1, 0.15) is 5.65 Å². The Balaban J connectivity index is 1.77. The van der Waals surface area contributed by atoms with Gasteiger partial charge in [-0.1, -0.05) is 29.2 Å². The van der Waals surface area contributed by atoms with Crippen molar-refractivity contribution in [1.29, 1.82) is 0 Å². The van der Waals surface area contributed by atoms with Crippen LogP contribution in [0.25, 0.3) is 5.65 Å². The third-order valence-electron chi connectivity index (χ3n) is 2.70. The molecular formula is C13H13N5OS2. The Morgan fingerprint density at radius 3 is 3.14 bits per heavy atom. The summed E-state index contributed by atoms with van der Waals surface area (Å²) in [7, 11) is 0. The van der Waals surface area contributed by atoms with E-state index >= 15 is 0 Å². The predicted molar refractivity (Wildman–Crippen MR) is 85.1 cm³/mol. The molecule has 0 bridgehead atoms. The van der Waals surface area contributed by atoms with Crippen LogP contribution in [0, 0.1) is 0 Å². The van der Waals surface area contributed by atoms with Gasteiger partial charge < -0.3 is 5.32 Å². The number of thioether (sulfide) groups is 1. The SMILES string of the molecule is CCNc1nnc(SCc2cc(=O)n3ccccc3n2)s1. The van der Waals surface area contributed by atoms with Gasteiger partial charge >= 0.3 is 0 Å². The molecule has 0 aromatic carbocycles. The zero-order valence-corrected chi connectivity index (χ0v) is 12.9. The van der Waals surface area contributed by atoms with Crippen LogP contribution >= 0.6 is 23.1 Å². The summed E-state index contributed by atoms with van der Waals surface area (Å²) in [5.41, 5.74) is 1.34. The number of anilines is 1. The highest BCUT2D eigenvalue weighted by atomic mass is 32.2. The third kappa shape index (κ3) is 3.22. The van der Waals surface area contributed by atoms with Gasteiger partial charge in [-0.25, -0.2) is 4.98 Å². The molecular weight excluding hydrogens is 306 g/mol. The maximum atomic E-state index is 12.0. The molecule has 0 aliphatic heterocycles. The number of aromatic nitrogens is 4. The Hall–Kier alpha value is -1.93. The van der Waals surface area contributed by atoms with Gasteiger partial charge in [-0.2, -0.15) is 0 Å². The molecule has 0 spiro atoms. The molecule has 0 radical (unpaired) electrons. The topological polar surface area (TPSA) is 72.2 Å². The zero-order valence-electron chi connectivity index (χ0n) is 11.3. The second-order valence-electron chi connectivity index (χ2n) is 4.21. The van der Waals surface area contributed by atoms with Gasteiger partial charge in [-0.15, -0.1) is 10.2 Å². The molecule has 0 aliphatic rings. The zero-order chi connectivity index (χ0) is 14.7. The fraction of sp³-hybridized carbons (Fsp3) is 0.231. The Morgan fingerprint density at radius 2 is 2.29 bits per heavy atom. The first-order chi connectivity index (χ1) is 10.3. The molecule has 8 heteroatoms. The van der Waals surface area contributed by atoms with Gasteiger partial charge in [-0.05, 0) is 19.1 Å². The lowest BCUT2D eigenvalue weighted by Gasteiger charge is -2.02. The molecule has 21 heavy (non-hydrogen) atoms. The summed E-state index contributed by atoms with van der Waals surface area (Å²) in [6, 6.07) is 7.07. The normalized spacial score (nSPS) is 10.9. The molecule has 0 unspecified atom stereocenters. The molecule has 6 nitrogen and oxygen atoms in total. The average molecular weight is 319 g/mol. The van der Waals surface area contributed by atoms with Crippen LogP contribution < -0.4 is 10.9 Å². The van der Waals surface area contributed by atoms with Crippen molar-refractivity contribution in [3.63, 3.8) is 0 Å². The molecule has 0 aliphatic carbocycles. The van der Waals surface area contributed by atoms with E-state index in [1.165, 1.54) is 27.5 Å². The molecule has 3 aromatic rings. The minimum atomic E-state index is -0.0678. The van der Waals surface area contributed by atoms with Gasteiger partial charge in [-0.3, -0.25) is 9.20 Å². The summed E-state index contributed by atoms with van der Waals surface area (Å²) < 4.78 is 2.39. The van der Waals surface area contributed by atoms with Gasteiger partial charge in [0.15, 0.2) is 4.34 Å². The van der Waals surface area contributed by atoms with E-state index in [4.69, 9.17) is 0 Å². The average Bonchev–Trinajstić information content (AvgIpc) is 2.93. The summed E-state index contributed by atoms with van der Waals surface area (Å²) in [5.74, 6) is 0.599. The molecule has 3 aromatic heterocycles. The molecule has 108 valence electrons. The van der Waals surface area contributed by atoms with Gasteiger partial charge in [0.05, 0.1) is 5.69 Å². The minimum absolute atomic E-state index is 0.0678. The van der Waals surface area contributed by atoms with Crippen molar-refractivity contribution >= 4 is 33.9 Å². The maximum absolute atomic E-state index is 12.0. The van der Waals surface area contributed by atoms with Crippen LogP contribution in [0.3, 0.4) is 0 Å². The van der Waals surface area contributed by atoms with Gasteiger partial charge in [0, 0.05) is 24.6 Å². The highest BCUT2D eigenvalue weighted by Gasteiger charge is 2.06. The van der Waals surface area contributed by atoms with Crippen LogP contribution in [0.15, 0.2) is 39.6 Å². The highest BCUT2D eigenvalue weighted by Crippen LogP contribution is 2.27. The fourth-order valence-corrected chi connectivity index (χ4v) is 3.52. The summed E-state index contributed by atoms with van der Waals surface area (Å²) in [4.78, 5) is 16.5. The van der Waals surface area contributed by atoms with E-state index in [2.05, 4.69) is 20.5 Å². The number of hydrogen-bond donors (Lipinski definition) is 1. The predicted octanol–water partition coefficient (Wildman–Crippen LogP) is 2.27. The van der Waals surface area contributed by atoms with Gasteiger partial charge in [0.2, 0.25) is 5.13 Å². The fourth-order valence-electron chi connectivity index (χ4n) is 1.80. The maximum Gasteiger partial charge on any atom is 0.258 e. The second-order valence-corrected chi connectivity index (χ2v) is 6.41. The lowest BCUT2D eigenvalue weighted by atomic mass is 10.4. The monoisotopic (exact) mass is 319 g/mol. The Morgan fingerprint density at radius 1 is 1.38 bits per heavy atom. The van der Waals surface area contributed by atoms with Crippen LogP contribution in [-0.4, -0.2) is 26.1 Å². The van der Waals surface area contributed by atoms with E-state index in [9.17, 15) is 4.79 Å². The van der Waals surface area contributed by atoms with Crippen molar-refractivity contribution in [3.05, 3.63) is 46.5 Å². The summed E-state index contributed by atoms with van der Waals surface area (Å²) >= 11 is 3.03. The largest absolute Gasteiger partial charge is 0.360 e. The van der Waals surface area contributed by atoms with Crippen LogP contribution in [-0.2, 0) is 5.75 Å². The van der Waals surface area contributed by atoms with Crippen molar-refractivity contribution in [3.8, 4) is 0 Å². The Labute approximate surface area is 129 Å². The molecule has 0 amide bonds. The Bertz CT molecular complexity index is 813. The third-order valence-corrected chi connectivity index (χ3v) is 4.75. The number of nitrogens with zero attached hydrogens (tertiary/aromatic N) is 4. The van der Waals surface area contributed by atoms with Crippen molar-refractivity contribution in [1.82, 2.24) is 19.6 Å². The van der Waals surface area contributed by atoms with Crippen molar-refractivity contribution in [2.75, 3.05) is 11.9 Å². The quantitative estimate of drug-likeness (QED) is 0.727. The summed E-state index contributed by atoms with van der Waals surface area (Å²) in [5, 5.41) is 12.1. The molecule has 0 saturated carbocycles. The first kappa shape index (κ1) is 14.0. The molecule has 1 N–H and O–H groups in total. The van der Waals surface area contributed by atoms with Crippen molar-refractivity contribution < 1.29 is 0 Å². The van der Waals surface area contributed by atoms with E-state index in [1.54, 1.807) is 12.3 Å². The van der Waals surface area contributed by atoms with Crippen molar-refractivity contribution in [2.45, 2.75) is 17.0 Å².